The molecule has 3 rings (SSSR count). The van der Waals surface area contributed by atoms with Gasteiger partial charge in [0, 0.05) is 37.7 Å². The van der Waals surface area contributed by atoms with Crippen LogP contribution in [-0.4, -0.2) is 48.6 Å². The summed E-state index contributed by atoms with van der Waals surface area (Å²) in [7, 11) is 0. The number of carbonyl (C=O) groups excluding carboxylic acids is 1. The van der Waals surface area contributed by atoms with Gasteiger partial charge in [-0.2, -0.15) is 0 Å². The first kappa shape index (κ1) is 18.6. The second-order valence-electron chi connectivity index (χ2n) is 6.74. The molecule has 136 valence electrons. The van der Waals surface area contributed by atoms with Crippen molar-refractivity contribution in [3.05, 3.63) is 39.9 Å². The lowest BCUT2D eigenvalue weighted by Gasteiger charge is -2.35. The first-order valence-corrected chi connectivity index (χ1v) is 9.78. The van der Waals surface area contributed by atoms with Crippen LogP contribution in [0.15, 0.2) is 29.8 Å². The highest BCUT2D eigenvalue weighted by Gasteiger charge is 2.21. The molecule has 1 N–H and O–H groups in total. The lowest BCUT2D eigenvalue weighted by molar-refractivity contribution is 0.148. The summed E-state index contributed by atoms with van der Waals surface area (Å²) < 4.78 is 0. The van der Waals surface area contributed by atoms with Gasteiger partial charge in [0.05, 0.1) is 10.7 Å². The zero-order valence-electron chi connectivity index (χ0n) is 14.4. The monoisotopic (exact) mass is 381 g/mol. The molecule has 0 bridgehead atoms. The van der Waals surface area contributed by atoms with Crippen LogP contribution in [0, 0.1) is 0 Å². The highest BCUT2D eigenvalue weighted by Crippen LogP contribution is 2.26. The van der Waals surface area contributed by atoms with Gasteiger partial charge >= 0.3 is 6.03 Å². The number of nitrogens with zero attached hydrogens (tertiary/aromatic N) is 2. The normalized spacial score (nSPS) is 18.8. The van der Waals surface area contributed by atoms with Crippen molar-refractivity contribution < 1.29 is 4.79 Å². The zero-order chi connectivity index (χ0) is 17.6. The molecule has 1 aliphatic carbocycles. The fraction of sp³-hybridized carbons (Fsp3) is 0.526. The maximum absolute atomic E-state index is 12.4. The molecule has 2 aliphatic rings. The van der Waals surface area contributed by atoms with Crippen LogP contribution in [0.2, 0.25) is 10.0 Å². The molecule has 1 saturated heterocycles. The van der Waals surface area contributed by atoms with Gasteiger partial charge in [0.2, 0.25) is 0 Å². The number of benzene rings is 1. The number of amides is 2. The summed E-state index contributed by atoms with van der Waals surface area (Å²) in [4.78, 5) is 16.7. The summed E-state index contributed by atoms with van der Waals surface area (Å²) in [5, 5.41) is 3.92. The number of hydrogen-bond donors (Lipinski definition) is 1. The largest absolute Gasteiger partial charge is 0.322 e. The third-order valence-electron chi connectivity index (χ3n) is 4.96. The van der Waals surface area contributed by atoms with Crippen LogP contribution >= 0.6 is 23.2 Å². The molecule has 25 heavy (non-hydrogen) atoms. The molecule has 2 amide bonds. The zero-order valence-corrected chi connectivity index (χ0v) is 16.0. The second kappa shape index (κ2) is 8.93. The van der Waals surface area contributed by atoms with Gasteiger partial charge in [0.25, 0.3) is 0 Å². The predicted octanol–water partition coefficient (Wildman–Crippen LogP) is 5.03. The molecule has 0 unspecified atom stereocenters. The molecule has 6 heteroatoms. The summed E-state index contributed by atoms with van der Waals surface area (Å²) in [6.45, 7) is 4.42. The molecule has 0 saturated carbocycles. The van der Waals surface area contributed by atoms with Gasteiger partial charge in [-0.25, -0.2) is 4.79 Å². The van der Waals surface area contributed by atoms with Crippen LogP contribution in [0.1, 0.15) is 32.1 Å². The van der Waals surface area contributed by atoms with Crippen molar-refractivity contribution in [2.45, 2.75) is 32.1 Å². The molecule has 0 aromatic heterocycles. The Kier molecular flexibility index (Phi) is 6.63. The topological polar surface area (TPSA) is 35.6 Å². The third-order valence-corrected chi connectivity index (χ3v) is 5.53. The SMILES string of the molecule is O=C(Nc1cc(Cl)ccc1Cl)N1CCN(CCC2=CCCCC2)CC1. The van der Waals surface area contributed by atoms with E-state index in [0.717, 1.165) is 32.7 Å². The molecule has 1 fully saturated rings. The highest BCUT2D eigenvalue weighted by atomic mass is 35.5. The van der Waals surface area contributed by atoms with Crippen molar-refractivity contribution in [2.24, 2.45) is 0 Å². The van der Waals surface area contributed by atoms with E-state index in [0.29, 0.717) is 15.7 Å². The Morgan fingerprint density at radius 1 is 1.12 bits per heavy atom. The summed E-state index contributed by atoms with van der Waals surface area (Å²) in [5.41, 5.74) is 2.17. The maximum Gasteiger partial charge on any atom is 0.321 e. The number of nitrogens with one attached hydrogen (secondary N) is 1. The van der Waals surface area contributed by atoms with Crippen molar-refractivity contribution >= 4 is 34.9 Å². The number of anilines is 1. The number of rotatable bonds is 4. The van der Waals surface area contributed by atoms with Gasteiger partial charge in [-0.1, -0.05) is 34.9 Å². The van der Waals surface area contributed by atoms with Crippen LogP contribution in [0.5, 0.6) is 0 Å². The summed E-state index contributed by atoms with van der Waals surface area (Å²) >= 11 is 12.1. The standard InChI is InChI=1S/C19H25Cl2N3O/c20-16-6-7-17(21)18(14-16)22-19(25)24-12-10-23(11-13-24)9-8-15-4-2-1-3-5-15/h4,6-7,14H,1-3,5,8-13H2,(H,22,25). The number of halogens is 2. The van der Waals surface area contributed by atoms with Gasteiger partial charge in [-0.05, 0) is 50.3 Å². The number of allylic oxidation sites excluding steroid dienone is 1. The summed E-state index contributed by atoms with van der Waals surface area (Å²) in [6.07, 6.45) is 8.78. The van der Waals surface area contributed by atoms with Crippen LogP contribution in [0.25, 0.3) is 0 Å². The highest BCUT2D eigenvalue weighted by molar-refractivity contribution is 6.35. The fourth-order valence-electron chi connectivity index (χ4n) is 3.40. The summed E-state index contributed by atoms with van der Waals surface area (Å²) in [5.74, 6) is 0. The Balaban J connectivity index is 1.44. The minimum Gasteiger partial charge on any atom is -0.322 e. The van der Waals surface area contributed by atoms with Crippen molar-refractivity contribution in [1.82, 2.24) is 9.80 Å². The molecule has 1 aromatic rings. The van der Waals surface area contributed by atoms with Gasteiger partial charge in [0.15, 0.2) is 0 Å². The first-order valence-electron chi connectivity index (χ1n) is 9.03. The summed E-state index contributed by atoms with van der Waals surface area (Å²) in [6, 6.07) is 4.96. The molecule has 0 radical (unpaired) electrons. The van der Waals surface area contributed by atoms with Gasteiger partial charge in [-0.3, -0.25) is 4.90 Å². The van der Waals surface area contributed by atoms with E-state index in [2.05, 4.69) is 16.3 Å². The lowest BCUT2D eigenvalue weighted by atomic mass is 9.97. The van der Waals surface area contributed by atoms with Crippen molar-refractivity contribution in [3.8, 4) is 0 Å². The van der Waals surface area contributed by atoms with E-state index in [-0.39, 0.29) is 6.03 Å². The maximum atomic E-state index is 12.4. The Morgan fingerprint density at radius 3 is 2.64 bits per heavy atom. The molecule has 0 spiro atoms. The Morgan fingerprint density at radius 2 is 1.92 bits per heavy atom. The van der Waals surface area contributed by atoms with Crippen molar-refractivity contribution in [3.63, 3.8) is 0 Å². The Labute approximate surface area is 159 Å². The van der Waals surface area contributed by atoms with Crippen LogP contribution < -0.4 is 5.32 Å². The van der Waals surface area contributed by atoms with E-state index in [9.17, 15) is 4.79 Å². The molecule has 0 atom stereocenters. The van der Waals surface area contributed by atoms with Crippen LogP contribution in [0.3, 0.4) is 0 Å². The second-order valence-corrected chi connectivity index (χ2v) is 7.58. The molecular weight excluding hydrogens is 357 g/mol. The quantitative estimate of drug-likeness (QED) is 0.741. The Hall–Kier alpha value is -1.23. The van der Waals surface area contributed by atoms with E-state index < -0.39 is 0 Å². The predicted molar refractivity (Wildman–Crippen MR) is 105 cm³/mol. The average Bonchev–Trinajstić information content (AvgIpc) is 2.64. The molecule has 1 heterocycles. The Bertz CT molecular complexity index is 640. The minimum absolute atomic E-state index is 0.112. The van der Waals surface area contributed by atoms with E-state index >= 15 is 0 Å². The molecule has 1 aliphatic heterocycles. The first-order chi connectivity index (χ1) is 12.1. The average molecular weight is 382 g/mol. The van der Waals surface area contributed by atoms with E-state index in [1.807, 2.05) is 4.90 Å². The molecule has 1 aromatic carbocycles. The van der Waals surface area contributed by atoms with Crippen molar-refractivity contribution in [1.29, 1.82) is 0 Å². The molecular formula is C19H25Cl2N3O. The number of urea groups is 1. The van der Waals surface area contributed by atoms with E-state index in [1.54, 1.807) is 23.8 Å². The number of piperazine rings is 1. The van der Waals surface area contributed by atoms with Gasteiger partial charge in [0.1, 0.15) is 0 Å². The lowest BCUT2D eigenvalue weighted by Crippen LogP contribution is -2.50. The number of hydrogen-bond acceptors (Lipinski definition) is 2. The van der Waals surface area contributed by atoms with Crippen LogP contribution in [-0.2, 0) is 0 Å². The number of carbonyl (C=O) groups is 1. The van der Waals surface area contributed by atoms with E-state index in [4.69, 9.17) is 23.2 Å². The fourth-order valence-corrected chi connectivity index (χ4v) is 3.73. The minimum atomic E-state index is -0.112. The van der Waals surface area contributed by atoms with E-state index in [1.165, 1.54) is 32.1 Å². The smallest absolute Gasteiger partial charge is 0.321 e. The van der Waals surface area contributed by atoms with Crippen LogP contribution in [0.4, 0.5) is 10.5 Å². The van der Waals surface area contributed by atoms with Gasteiger partial charge in [-0.15, -0.1) is 0 Å². The third kappa shape index (κ3) is 5.37. The van der Waals surface area contributed by atoms with Crippen molar-refractivity contribution in [2.75, 3.05) is 38.0 Å². The molecule has 4 nitrogen and oxygen atoms in total. The van der Waals surface area contributed by atoms with Gasteiger partial charge < -0.3 is 10.2 Å².